The predicted molar refractivity (Wildman–Crippen MR) is 124 cm³/mol. The molecule has 30 heavy (non-hydrogen) atoms. The molecule has 1 N–H and O–H groups in total. The van der Waals surface area contributed by atoms with E-state index in [0.29, 0.717) is 0 Å². The van der Waals surface area contributed by atoms with Gasteiger partial charge >= 0.3 is 5.69 Å². The Morgan fingerprint density at radius 3 is 2.40 bits per heavy atom. The van der Waals surface area contributed by atoms with Gasteiger partial charge in [-0.1, -0.05) is 0 Å². The Balaban J connectivity index is 1.88. The Hall–Kier alpha value is -3.28. The van der Waals surface area contributed by atoms with Crippen LogP contribution in [0, 0.1) is 44.6 Å². The lowest BCUT2D eigenvalue weighted by atomic mass is 10.2. The lowest BCUT2D eigenvalue weighted by Crippen LogP contribution is -2.01. The van der Waals surface area contributed by atoms with Crippen LogP contribution in [-0.4, -0.2) is 20.6 Å². The van der Waals surface area contributed by atoms with Crippen LogP contribution in [0.5, 0.6) is 0 Å². The number of anilines is 1. The lowest BCUT2D eigenvalue weighted by molar-refractivity contribution is -0.393. The number of hydrazone groups is 1. The van der Waals surface area contributed by atoms with E-state index < -0.39 is 15.5 Å². The number of aryl methyl sites for hydroxylation is 2. The molecule has 0 saturated heterocycles. The molecule has 0 unspecified atom stereocenters. The molecule has 1 heterocycles. The number of aromatic nitrogens is 1. The second-order valence-electron chi connectivity index (χ2n) is 6.68. The van der Waals surface area contributed by atoms with Crippen molar-refractivity contribution in [2.24, 2.45) is 5.10 Å². The quantitative estimate of drug-likeness (QED) is 0.206. The zero-order valence-electron chi connectivity index (χ0n) is 16.4. The van der Waals surface area contributed by atoms with Gasteiger partial charge < -0.3 is 4.57 Å². The van der Waals surface area contributed by atoms with E-state index in [1.54, 1.807) is 6.21 Å². The van der Waals surface area contributed by atoms with Crippen molar-refractivity contribution in [1.29, 1.82) is 0 Å². The fraction of sp³-hybridized carbons (Fsp3) is 0.150. The van der Waals surface area contributed by atoms with Gasteiger partial charge in [0.05, 0.1) is 22.1 Å². The third-order valence-corrected chi connectivity index (χ3v) is 5.86. The molecule has 3 rings (SSSR count). The van der Waals surface area contributed by atoms with Crippen molar-refractivity contribution in [1.82, 2.24) is 4.57 Å². The minimum Gasteiger partial charge on any atom is -0.318 e. The largest absolute Gasteiger partial charge is 0.318 e. The summed E-state index contributed by atoms with van der Waals surface area (Å²) in [6.45, 7) is 6.02. The van der Waals surface area contributed by atoms with Crippen LogP contribution in [-0.2, 0) is 0 Å². The van der Waals surface area contributed by atoms with Crippen molar-refractivity contribution >= 4 is 45.9 Å². The highest BCUT2D eigenvalue weighted by molar-refractivity contribution is 14.1. The number of nitro benzene ring substituents is 2. The monoisotopic (exact) mass is 519 g/mol. The molecule has 2 aromatic carbocycles. The van der Waals surface area contributed by atoms with Gasteiger partial charge in [0.25, 0.3) is 5.69 Å². The van der Waals surface area contributed by atoms with E-state index >= 15 is 0 Å². The maximum Gasteiger partial charge on any atom is 0.301 e. The highest BCUT2D eigenvalue weighted by atomic mass is 127. The Labute approximate surface area is 185 Å². The summed E-state index contributed by atoms with van der Waals surface area (Å²) in [4.78, 5) is 20.7. The SMILES string of the molecule is Cc1cc(-n2c(C)cc(/C=N/Nc3ccc([N+](=O)[O-])cc3[N+](=O)[O-])c2C)ccc1I. The zero-order valence-corrected chi connectivity index (χ0v) is 18.6. The molecule has 1 aromatic heterocycles. The maximum absolute atomic E-state index is 11.2. The van der Waals surface area contributed by atoms with Crippen molar-refractivity contribution in [3.63, 3.8) is 0 Å². The van der Waals surface area contributed by atoms with Crippen LogP contribution in [0.1, 0.15) is 22.5 Å². The number of hydrogen-bond donors (Lipinski definition) is 1. The topological polar surface area (TPSA) is 116 Å². The Kier molecular flexibility index (Phi) is 6.15. The molecule has 0 amide bonds. The molecule has 0 aliphatic carbocycles. The molecule has 0 aliphatic heterocycles. The number of nitrogens with zero attached hydrogens (tertiary/aromatic N) is 4. The second kappa shape index (κ2) is 8.61. The average Bonchev–Trinajstić information content (AvgIpc) is 2.97. The standard InChI is InChI=1S/C20H18IN5O4/c1-12-8-16(4-6-18(12)21)24-13(2)9-15(14(24)3)11-22-23-19-7-5-17(25(27)28)10-20(19)26(29)30/h4-11,23H,1-3H3/b22-11+. The minimum atomic E-state index is -0.685. The van der Waals surface area contributed by atoms with Gasteiger partial charge in [0.2, 0.25) is 0 Å². The summed E-state index contributed by atoms with van der Waals surface area (Å²) < 4.78 is 3.30. The fourth-order valence-electron chi connectivity index (χ4n) is 3.13. The first kappa shape index (κ1) is 21.4. The minimum absolute atomic E-state index is 0.0731. The number of non-ortho nitro benzene ring substituents is 1. The first-order valence-electron chi connectivity index (χ1n) is 8.86. The van der Waals surface area contributed by atoms with E-state index in [9.17, 15) is 20.2 Å². The van der Waals surface area contributed by atoms with Crippen LogP contribution >= 0.6 is 22.6 Å². The van der Waals surface area contributed by atoms with Gasteiger partial charge in [0.1, 0.15) is 5.69 Å². The van der Waals surface area contributed by atoms with Gasteiger partial charge in [-0.25, -0.2) is 0 Å². The van der Waals surface area contributed by atoms with Gasteiger partial charge in [-0.05, 0) is 79.3 Å². The summed E-state index contributed by atoms with van der Waals surface area (Å²) in [5, 5.41) is 26.2. The third kappa shape index (κ3) is 4.32. The van der Waals surface area contributed by atoms with Crippen molar-refractivity contribution in [2.75, 3.05) is 5.43 Å². The number of nitro groups is 2. The van der Waals surface area contributed by atoms with E-state index in [1.807, 2.05) is 26.0 Å². The molecule has 154 valence electrons. The zero-order chi connectivity index (χ0) is 22.0. The van der Waals surface area contributed by atoms with Crippen LogP contribution in [0.15, 0.2) is 47.6 Å². The molecule has 0 radical (unpaired) electrons. The van der Waals surface area contributed by atoms with Crippen LogP contribution in [0.2, 0.25) is 0 Å². The van der Waals surface area contributed by atoms with Crippen molar-refractivity contribution in [3.05, 3.63) is 88.8 Å². The Morgan fingerprint density at radius 1 is 1.03 bits per heavy atom. The summed E-state index contributed by atoms with van der Waals surface area (Å²) >= 11 is 2.30. The summed E-state index contributed by atoms with van der Waals surface area (Å²) in [5.74, 6) is 0. The summed E-state index contributed by atoms with van der Waals surface area (Å²) in [6, 6.07) is 11.6. The molecule has 0 spiro atoms. The maximum atomic E-state index is 11.2. The summed E-state index contributed by atoms with van der Waals surface area (Å²) in [6.07, 6.45) is 1.57. The molecule has 0 atom stereocenters. The van der Waals surface area contributed by atoms with Crippen LogP contribution in [0.25, 0.3) is 5.69 Å². The number of nitrogens with one attached hydrogen (secondary N) is 1. The molecule has 3 aromatic rings. The van der Waals surface area contributed by atoms with E-state index in [0.717, 1.165) is 28.7 Å². The number of rotatable bonds is 6. The molecule has 0 bridgehead atoms. The first-order valence-corrected chi connectivity index (χ1v) is 9.94. The highest BCUT2D eigenvalue weighted by Gasteiger charge is 2.19. The molecular weight excluding hydrogens is 501 g/mol. The average molecular weight is 519 g/mol. The fourth-order valence-corrected chi connectivity index (χ4v) is 3.47. The number of benzene rings is 2. The van der Waals surface area contributed by atoms with Gasteiger partial charge in [-0.2, -0.15) is 5.10 Å². The molecular formula is C20H18IN5O4. The highest BCUT2D eigenvalue weighted by Crippen LogP contribution is 2.29. The predicted octanol–water partition coefficient (Wildman–Crippen LogP) is 5.27. The number of hydrogen-bond acceptors (Lipinski definition) is 6. The second-order valence-corrected chi connectivity index (χ2v) is 7.84. The van der Waals surface area contributed by atoms with E-state index in [-0.39, 0.29) is 11.4 Å². The van der Waals surface area contributed by atoms with E-state index in [1.165, 1.54) is 21.3 Å². The van der Waals surface area contributed by atoms with E-state index in [4.69, 9.17) is 0 Å². The van der Waals surface area contributed by atoms with Gasteiger partial charge in [0, 0.05) is 32.3 Å². The first-order chi connectivity index (χ1) is 14.2. The van der Waals surface area contributed by atoms with Crippen molar-refractivity contribution < 1.29 is 9.85 Å². The molecule has 10 heteroatoms. The Bertz CT molecular complexity index is 1190. The Morgan fingerprint density at radius 2 is 1.77 bits per heavy atom. The van der Waals surface area contributed by atoms with Crippen LogP contribution < -0.4 is 5.43 Å². The van der Waals surface area contributed by atoms with E-state index in [2.05, 4.69) is 56.7 Å². The molecule has 0 aliphatic rings. The van der Waals surface area contributed by atoms with Crippen LogP contribution in [0.4, 0.5) is 17.1 Å². The third-order valence-electron chi connectivity index (χ3n) is 4.65. The molecule has 0 fully saturated rings. The van der Waals surface area contributed by atoms with Crippen molar-refractivity contribution in [2.45, 2.75) is 20.8 Å². The molecule has 9 nitrogen and oxygen atoms in total. The van der Waals surface area contributed by atoms with Crippen LogP contribution in [0.3, 0.4) is 0 Å². The normalized spacial score (nSPS) is 11.1. The van der Waals surface area contributed by atoms with Gasteiger partial charge in [-0.3, -0.25) is 25.7 Å². The van der Waals surface area contributed by atoms with Gasteiger partial charge in [0.15, 0.2) is 0 Å². The van der Waals surface area contributed by atoms with Gasteiger partial charge in [-0.15, -0.1) is 0 Å². The smallest absolute Gasteiger partial charge is 0.301 e. The van der Waals surface area contributed by atoms with Crippen molar-refractivity contribution in [3.8, 4) is 5.69 Å². The molecule has 0 saturated carbocycles. The number of halogens is 1. The summed E-state index contributed by atoms with van der Waals surface area (Å²) in [7, 11) is 0. The lowest BCUT2D eigenvalue weighted by Gasteiger charge is -2.11. The summed E-state index contributed by atoms with van der Waals surface area (Å²) in [5.41, 5.74) is 6.99.